The highest BCUT2D eigenvalue weighted by Crippen LogP contribution is 2.45. The molecule has 0 bridgehead atoms. The Balaban J connectivity index is 2.15. The van der Waals surface area contributed by atoms with Gasteiger partial charge in [0.1, 0.15) is 24.5 Å². The van der Waals surface area contributed by atoms with E-state index < -0.39 is 5.97 Å². The minimum absolute atomic E-state index is 0.0997. The first-order chi connectivity index (χ1) is 9.16. The lowest BCUT2D eigenvalue weighted by Gasteiger charge is -2.20. The molecule has 19 heavy (non-hydrogen) atoms. The van der Waals surface area contributed by atoms with Gasteiger partial charge in [0.25, 0.3) is 0 Å². The Kier molecular flexibility index (Phi) is 2.52. The van der Waals surface area contributed by atoms with Crippen LogP contribution < -0.4 is 9.47 Å². The largest absolute Gasteiger partial charge is 0.507 e. The molecule has 2 aromatic rings. The van der Waals surface area contributed by atoms with Crippen LogP contribution in [-0.4, -0.2) is 34.6 Å². The smallest absolute Gasteiger partial charge is 0.358 e. The molecule has 0 saturated heterocycles. The zero-order chi connectivity index (χ0) is 13.4. The highest BCUT2D eigenvalue weighted by Gasteiger charge is 2.24. The number of aromatic nitrogens is 1. The van der Waals surface area contributed by atoms with E-state index in [2.05, 4.69) is 5.16 Å². The normalized spacial score (nSPS) is 13.3. The Hall–Kier alpha value is -2.70. The van der Waals surface area contributed by atoms with Crippen molar-refractivity contribution in [1.29, 1.82) is 0 Å². The molecule has 0 fully saturated rings. The van der Waals surface area contributed by atoms with Gasteiger partial charge >= 0.3 is 5.97 Å². The molecule has 3 rings (SSSR count). The third-order valence-electron chi connectivity index (χ3n) is 2.66. The van der Waals surface area contributed by atoms with Gasteiger partial charge in [-0.05, 0) is 12.1 Å². The monoisotopic (exact) mass is 263 g/mol. The van der Waals surface area contributed by atoms with Crippen molar-refractivity contribution in [2.24, 2.45) is 0 Å². The predicted octanol–water partition coefficient (Wildman–Crippen LogP) is 1.52. The third-order valence-corrected chi connectivity index (χ3v) is 2.66. The fourth-order valence-electron chi connectivity index (χ4n) is 1.84. The maximum atomic E-state index is 10.8. The highest BCUT2D eigenvalue weighted by atomic mass is 16.6. The first-order valence-corrected chi connectivity index (χ1v) is 5.49. The van der Waals surface area contributed by atoms with Crippen LogP contribution in [0.3, 0.4) is 0 Å². The molecular weight excluding hydrogens is 254 g/mol. The number of benzene rings is 1. The van der Waals surface area contributed by atoms with Gasteiger partial charge in [0, 0.05) is 6.07 Å². The Labute approximate surface area is 107 Å². The van der Waals surface area contributed by atoms with Gasteiger partial charge in [-0.3, -0.25) is 0 Å². The summed E-state index contributed by atoms with van der Waals surface area (Å²) in [7, 11) is 0. The number of carboxylic acids is 1. The topological polar surface area (TPSA) is 102 Å². The summed E-state index contributed by atoms with van der Waals surface area (Å²) in [5.41, 5.74) is -0.0130. The average molecular weight is 263 g/mol. The summed E-state index contributed by atoms with van der Waals surface area (Å²) >= 11 is 0. The molecule has 0 saturated carbocycles. The first kappa shape index (κ1) is 11.4. The molecule has 1 aliphatic heterocycles. The van der Waals surface area contributed by atoms with Gasteiger partial charge in [0.15, 0.2) is 23.0 Å². The maximum Gasteiger partial charge on any atom is 0.358 e. The fourth-order valence-corrected chi connectivity index (χ4v) is 1.84. The van der Waals surface area contributed by atoms with Crippen LogP contribution in [0.2, 0.25) is 0 Å². The molecule has 7 heteroatoms. The summed E-state index contributed by atoms with van der Waals surface area (Å²) in [5, 5.41) is 22.1. The second-order valence-electron chi connectivity index (χ2n) is 3.87. The lowest BCUT2D eigenvalue weighted by molar-refractivity contribution is 0.0686. The van der Waals surface area contributed by atoms with Crippen LogP contribution in [0.15, 0.2) is 22.7 Å². The Morgan fingerprint density at radius 1 is 1.26 bits per heavy atom. The summed E-state index contributed by atoms with van der Waals surface area (Å²) in [4.78, 5) is 10.8. The molecule has 2 N–H and O–H groups in total. The number of phenols is 1. The van der Waals surface area contributed by atoms with Crippen LogP contribution in [0, 0.1) is 0 Å². The molecular formula is C12H9NO6. The number of rotatable bonds is 2. The van der Waals surface area contributed by atoms with Crippen LogP contribution >= 0.6 is 0 Å². The van der Waals surface area contributed by atoms with Gasteiger partial charge < -0.3 is 24.2 Å². The van der Waals surface area contributed by atoms with E-state index in [9.17, 15) is 9.90 Å². The van der Waals surface area contributed by atoms with E-state index >= 15 is 0 Å². The van der Waals surface area contributed by atoms with E-state index in [1.807, 2.05) is 0 Å². The van der Waals surface area contributed by atoms with E-state index in [-0.39, 0.29) is 22.8 Å². The number of carboxylic acid groups (broad SMARTS) is 1. The van der Waals surface area contributed by atoms with Crippen molar-refractivity contribution in [2.75, 3.05) is 13.2 Å². The molecule has 0 atom stereocenters. The van der Waals surface area contributed by atoms with E-state index in [0.717, 1.165) is 0 Å². The standard InChI is InChI=1S/C12H9NO6/c14-7-1-2-8-11(18-4-3-17-8)10(7)9-5-6(12(15)16)13-19-9/h1-2,5,14H,3-4H2,(H,15,16). The van der Waals surface area contributed by atoms with Crippen molar-refractivity contribution in [3.63, 3.8) is 0 Å². The zero-order valence-electron chi connectivity index (χ0n) is 9.62. The van der Waals surface area contributed by atoms with E-state index in [1.54, 1.807) is 6.07 Å². The lowest BCUT2D eigenvalue weighted by atomic mass is 10.1. The predicted molar refractivity (Wildman–Crippen MR) is 61.6 cm³/mol. The second kappa shape index (κ2) is 4.20. The molecule has 0 spiro atoms. The Morgan fingerprint density at radius 2 is 2.05 bits per heavy atom. The van der Waals surface area contributed by atoms with Crippen LogP contribution in [0.25, 0.3) is 11.3 Å². The number of carbonyl (C=O) groups is 1. The molecule has 1 aromatic heterocycles. The minimum atomic E-state index is -1.21. The summed E-state index contributed by atoms with van der Waals surface area (Å²) in [6, 6.07) is 4.21. The molecule has 1 aromatic carbocycles. The summed E-state index contributed by atoms with van der Waals surface area (Å²) in [6.07, 6.45) is 0. The fraction of sp³-hybridized carbons (Fsp3) is 0.167. The van der Waals surface area contributed by atoms with Gasteiger partial charge in [-0.15, -0.1) is 0 Å². The number of hydrogen-bond donors (Lipinski definition) is 2. The van der Waals surface area contributed by atoms with Gasteiger partial charge in [0.2, 0.25) is 0 Å². The Bertz CT molecular complexity index is 648. The van der Waals surface area contributed by atoms with Crippen molar-refractivity contribution in [1.82, 2.24) is 5.16 Å². The molecule has 1 aliphatic rings. The molecule has 2 heterocycles. The second-order valence-corrected chi connectivity index (χ2v) is 3.87. The Morgan fingerprint density at radius 3 is 2.79 bits per heavy atom. The zero-order valence-corrected chi connectivity index (χ0v) is 9.62. The van der Waals surface area contributed by atoms with Crippen molar-refractivity contribution >= 4 is 5.97 Å². The van der Waals surface area contributed by atoms with Gasteiger partial charge in [-0.2, -0.15) is 0 Å². The highest BCUT2D eigenvalue weighted by molar-refractivity contribution is 5.87. The van der Waals surface area contributed by atoms with Crippen LogP contribution in [0.5, 0.6) is 17.2 Å². The molecule has 0 aliphatic carbocycles. The molecule has 0 amide bonds. The van der Waals surface area contributed by atoms with Crippen LogP contribution in [-0.2, 0) is 0 Å². The number of aromatic carboxylic acids is 1. The molecule has 7 nitrogen and oxygen atoms in total. The van der Waals surface area contributed by atoms with Crippen molar-refractivity contribution in [2.45, 2.75) is 0 Å². The number of phenolic OH excluding ortho intramolecular Hbond substituents is 1. The minimum Gasteiger partial charge on any atom is -0.507 e. The number of ether oxygens (including phenoxy) is 2. The number of fused-ring (bicyclic) bond motifs is 1. The van der Waals surface area contributed by atoms with E-state index in [0.29, 0.717) is 24.7 Å². The number of hydrogen-bond acceptors (Lipinski definition) is 6. The van der Waals surface area contributed by atoms with Crippen molar-refractivity contribution < 1.29 is 29.0 Å². The van der Waals surface area contributed by atoms with Crippen LogP contribution in [0.1, 0.15) is 10.5 Å². The third kappa shape index (κ3) is 1.85. The van der Waals surface area contributed by atoms with Crippen LogP contribution in [0.4, 0.5) is 0 Å². The molecule has 98 valence electrons. The lowest BCUT2D eigenvalue weighted by Crippen LogP contribution is -2.15. The van der Waals surface area contributed by atoms with Gasteiger partial charge in [-0.1, -0.05) is 5.16 Å². The average Bonchev–Trinajstić information content (AvgIpc) is 2.88. The van der Waals surface area contributed by atoms with Crippen molar-refractivity contribution in [3.05, 3.63) is 23.9 Å². The number of nitrogens with zero attached hydrogens (tertiary/aromatic N) is 1. The summed E-state index contributed by atoms with van der Waals surface area (Å²) < 4.78 is 15.8. The quantitative estimate of drug-likeness (QED) is 0.846. The van der Waals surface area contributed by atoms with Crippen molar-refractivity contribution in [3.8, 4) is 28.6 Å². The summed E-state index contributed by atoms with van der Waals surface area (Å²) in [6.45, 7) is 0.747. The molecule has 0 radical (unpaired) electrons. The van der Waals surface area contributed by atoms with Gasteiger partial charge in [-0.25, -0.2) is 4.79 Å². The van der Waals surface area contributed by atoms with E-state index in [4.69, 9.17) is 19.1 Å². The maximum absolute atomic E-state index is 10.8. The first-order valence-electron chi connectivity index (χ1n) is 5.49. The molecule has 0 unspecified atom stereocenters. The van der Waals surface area contributed by atoms with Gasteiger partial charge in [0.05, 0.1) is 0 Å². The summed E-state index contributed by atoms with van der Waals surface area (Å²) in [5.74, 6) is -0.419. The number of aromatic hydroxyl groups is 1. The SMILES string of the molecule is O=C(O)c1cc(-c2c(O)ccc3c2OCCO3)on1. The van der Waals surface area contributed by atoms with E-state index in [1.165, 1.54) is 12.1 Å².